The van der Waals surface area contributed by atoms with Crippen LogP contribution in [-0.2, 0) is 9.53 Å². The summed E-state index contributed by atoms with van der Waals surface area (Å²) in [6.07, 6.45) is 0. The van der Waals surface area contributed by atoms with Crippen LogP contribution >= 0.6 is 11.6 Å². The average molecular weight is 365 g/mol. The minimum absolute atomic E-state index is 0.0155. The molecule has 1 amide bonds. The highest BCUT2D eigenvalue weighted by atomic mass is 35.5. The Morgan fingerprint density at radius 1 is 1.20 bits per heavy atom. The van der Waals surface area contributed by atoms with Crippen molar-refractivity contribution in [1.82, 2.24) is 0 Å². The number of ketones is 1. The molecule has 8 heteroatoms. The molecule has 25 heavy (non-hydrogen) atoms. The van der Waals surface area contributed by atoms with Gasteiger partial charge in [-0.2, -0.15) is 0 Å². The normalized spacial score (nSPS) is 10.2. The van der Waals surface area contributed by atoms with E-state index in [0.717, 1.165) is 6.07 Å². The van der Waals surface area contributed by atoms with Crippen molar-refractivity contribution < 1.29 is 23.5 Å². The number of ether oxygens (including phenoxy) is 1. The SMILES string of the molecule is CC(=O)Nc1ccc(C(=O)COC(=O)c2cccc(Cl)c2N)c(F)c1. The number of hydrogen-bond donors (Lipinski definition) is 2. The third-order valence-corrected chi connectivity index (χ3v) is 3.53. The predicted octanol–water partition coefficient (Wildman–Crippen LogP) is 3.06. The molecule has 0 radical (unpaired) electrons. The Kier molecular flexibility index (Phi) is 5.71. The molecule has 0 heterocycles. The van der Waals surface area contributed by atoms with Gasteiger partial charge in [-0.1, -0.05) is 17.7 Å². The first-order valence-corrected chi connectivity index (χ1v) is 7.49. The molecule has 0 unspecified atom stereocenters. The number of nitrogens with one attached hydrogen (secondary N) is 1. The van der Waals surface area contributed by atoms with Crippen LogP contribution in [0, 0.1) is 5.82 Å². The minimum atomic E-state index is -0.844. The van der Waals surface area contributed by atoms with Crippen molar-refractivity contribution >= 4 is 40.6 Å². The smallest absolute Gasteiger partial charge is 0.340 e. The maximum atomic E-state index is 14.0. The standard InChI is InChI=1S/C17H14ClFN2O4/c1-9(22)21-10-5-6-11(14(19)7-10)15(23)8-25-17(24)12-3-2-4-13(18)16(12)20/h2-7H,8,20H2,1H3,(H,21,22). The highest BCUT2D eigenvalue weighted by molar-refractivity contribution is 6.33. The fraction of sp³-hybridized carbons (Fsp3) is 0.118. The lowest BCUT2D eigenvalue weighted by molar-refractivity contribution is -0.114. The molecule has 0 fully saturated rings. The molecule has 0 aliphatic rings. The van der Waals surface area contributed by atoms with Gasteiger partial charge < -0.3 is 15.8 Å². The number of nitrogens with two attached hydrogens (primary N) is 1. The number of carbonyl (C=O) groups is 3. The second-order valence-electron chi connectivity index (χ2n) is 5.08. The highest BCUT2D eigenvalue weighted by Gasteiger charge is 2.18. The van der Waals surface area contributed by atoms with E-state index >= 15 is 0 Å². The van der Waals surface area contributed by atoms with Crippen molar-refractivity contribution in [3.05, 3.63) is 58.4 Å². The van der Waals surface area contributed by atoms with Crippen LogP contribution in [0.15, 0.2) is 36.4 Å². The lowest BCUT2D eigenvalue weighted by atomic mass is 10.1. The topological polar surface area (TPSA) is 98.5 Å². The number of halogens is 2. The molecule has 0 bridgehead atoms. The van der Waals surface area contributed by atoms with Gasteiger partial charge in [0.25, 0.3) is 0 Å². The number of amides is 1. The van der Waals surface area contributed by atoms with E-state index in [0.29, 0.717) is 0 Å². The largest absolute Gasteiger partial charge is 0.454 e. The van der Waals surface area contributed by atoms with E-state index in [-0.39, 0.29) is 33.4 Å². The quantitative estimate of drug-likeness (QED) is 0.482. The van der Waals surface area contributed by atoms with Crippen LogP contribution in [0.2, 0.25) is 5.02 Å². The second-order valence-corrected chi connectivity index (χ2v) is 5.48. The molecule has 0 saturated carbocycles. The molecule has 130 valence electrons. The van der Waals surface area contributed by atoms with Gasteiger partial charge >= 0.3 is 5.97 Å². The first-order chi connectivity index (χ1) is 11.8. The van der Waals surface area contributed by atoms with Gasteiger partial charge in [0, 0.05) is 12.6 Å². The monoisotopic (exact) mass is 364 g/mol. The third kappa shape index (κ3) is 4.54. The van der Waals surface area contributed by atoms with Gasteiger partial charge in [-0.05, 0) is 30.3 Å². The summed E-state index contributed by atoms with van der Waals surface area (Å²) in [4.78, 5) is 34.9. The lowest BCUT2D eigenvalue weighted by Crippen LogP contribution is -2.16. The van der Waals surface area contributed by atoms with Crippen LogP contribution in [0.1, 0.15) is 27.6 Å². The summed E-state index contributed by atoms with van der Waals surface area (Å²) in [6, 6.07) is 7.99. The van der Waals surface area contributed by atoms with Crippen LogP contribution in [0.25, 0.3) is 0 Å². The Labute approximate surface area is 147 Å². The Bertz CT molecular complexity index is 855. The van der Waals surface area contributed by atoms with Gasteiger partial charge in [-0.25, -0.2) is 9.18 Å². The van der Waals surface area contributed by atoms with Crippen molar-refractivity contribution in [3.63, 3.8) is 0 Å². The summed E-state index contributed by atoms with van der Waals surface area (Å²) < 4.78 is 18.8. The zero-order chi connectivity index (χ0) is 18.6. The summed E-state index contributed by atoms with van der Waals surface area (Å²) in [5, 5.41) is 2.57. The number of rotatable bonds is 5. The summed E-state index contributed by atoms with van der Waals surface area (Å²) in [5.74, 6) is -2.79. The van der Waals surface area contributed by atoms with Gasteiger partial charge in [-0.15, -0.1) is 0 Å². The zero-order valence-electron chi connectivity index (χ0n) is 13.1. The molecule has 0 aliphatic heterocycles. The summed E-state index contributed by atoms with van der Waals surface area (Å²) in [6.45, 7) is 0.610. The first kappa shape index (κ1) is 18.4. The van der Waals surface area contributed by atoms with Crippen LogP contribution in [0.3, 0.4) is 0 Å². The number of esters is 1. The third-order valence-electron chi connectivity index (χ3n) is 3.20. The molecule has 2 aromatic carbocycles. The number of Topliss-reactive ketones (excluding diaryl/α,β-unsaturated/α-hetero) is 1. The predicted molar refractivity (Wildman–Crippen MR) is 91.2 cm³/mol. The average Bonchev–Trinajstić information content (AvgIpc) is 2.54. The Morgan fingerprint density at radius 2 is 1.92 bits per heavy atom. The maximum Gasteiger partial charge on any atom is 0.340 e. The molecule has 6 nitrogen and oxygen atoms in total. The number of anilines is 2. The Hall–Kier alpha value is -2.93. The van der Waals surface area contributed by atoms with Gasteiger partial charge in [0.05, 0.1) is 21.8 Å². The van der Waals surface area contributed by atoms with Crippen molar-refractivity contribution in [3.8, 4) is 0 Å². The van der Waals surface area contributed by atoms with E-state index in [2.05, 4.69) is 5.32 Å². The molecule has 0 aromatic heterocycles. The van der Waals surface area contributed by atoms with E-state index in [1.165, 1.54) is 37.3 Å². The van der Waals surface area contributed by atoms with E-state index in [1.54, 1.807) is 0 Å². The highest BCUT2D eigenvalue weighted by Crippen LogP contribution is 2.23. The van der Waals surface area contributed by atoms with Crippen molar-refractivity contribution in [2.24, 2.45) is 0 Å². The number of benzene rings is 2. The summed E-state index contributed by atoms with van der Waals surface area (Å²) in [7, 11) is 0. The molecule has 0 atom stereocenters. The first-order valence-electron chi connectivity index (χ1n) is 7.11. The molecule has 0 spiro atoms. The van der Waals surface area contributed by atoms with Crippen LogP contribution in [-0.4, -0.2) is 24.3 Å². The maximum absolute atomic E-state index is 14.0. The van der Waals surface area contributed by atoms with E-state index < -0.39 is 24.2 Å². The van der Waals surface area contributed by atoms with Crippen molar-refractivity contribution in [2.75, 3.05) is 17.7 Å². The van der Waals surface area contributed by atoms with Crippen molar-refractivity contribution in [1.29, 1.82) is 0 Å². The van der Waals surface area contributed by atoms with Crippen LogP contribution in [0.5, 0.6) is 0 Å². The molecule has 0 aliphatic carbocycles. The van der Waals surface area contributed by atoms with Crippen LogP contribution in [0.4, 0.5) is 15.8 Å². The zero-order valence-corrected chi connectivity index (χ0v) is 13.9. The fourth-order valence-corrected chi connectivity index (χ4v) is 2.20. The van der Waals surface area contributed by atoms with Crippen molar-refractivity contribution in [2.45, 2.75) is 6.92 Å². The summed E-state index contributed by atoms with van der Waals surface area (Å²) >= 11 is 5.81. The molecule has 0 saturated heterocycles. The number of para-hydroxylation sites is 1. The number of nitrogen functional groups attached to an aromatic ring is 1. The molecule has 3 N–H and O–H groups in total. The van der Waals surface area contributed by atoms with Gasteiger partial charge in [0.1, 0.15) is 5.82 Å². The summed E-state index contributed by atoms with van der Waals surface area (Å²) in [5.41, 5.74) is 5.67. The van der Waals surface area contributed by atoms with Crippen LogP contribution < -0.4 is 11.1 Å². The van der Waals surface area contributed by atoms with E-state index in [9.17, 15) is 18.8 Å². The fourth-order valence-electron chi connectivity index (χ4n) is 2.02. The Balaban J connectivity index is 2.06. The second kappa shape index (κ2) is 7.76. The molecule has 2 rings (SSSR count). The lowest BCUT2D eigenvalue weighted by Gasteiger charge is -2.09. The number of hydrogen-bond acceptors (Lipinski definition) is 5. The van der Waals surface area contributed by atoms with Gasteiger partial charge in [0.2, 0.25) is 11.7 Å². The minimum Gasteiger partial charge on any atom is -0.454 e. The van der Waals surface area contributed by atoms with Gasteiger partial charge in [0.15, 0.2) is 6.61 Å². The molecule has 2 aromatic rings. The molecular weight excluding hydrogens is 351 g/mol. The van der Waals surface area contributed by atoms with E-state index in [4.69, 9.17) is 22.1 Å². The van der Waals surface area contributed by atoms with E-state index in [1.807, 2.05) is 0 Å². The Morgan fingerprint density at radius 3 is 2.56 bits per heavy atom. The molecular formula is C17H14ClFN2O4. The number of carbonyl (C=O) groups excluding carboxylic acids is 3. The van der Waals surface area contributed by atoms with Gasteiger partial charge in [-0.3, -0.25) is 9.59 Å².